The maximum atomic E-state index is 13.1. The van der Waals surface area contributed by atoms with Crippen molar-refractivity contribution in [2.75, 3.05) is 54.8 Å². The van der Waals surface area contributed by atoms with Gasteiger partial charge in [0.05, 0.1) is 11.3 Å². The van der Waals surface area contributed by atoms with E-state index < -0.39 is 0 Å². The molecule has 0 spiro atoms. The van der Waals surface area contributed by atoms with Gasteiger partial charge in [-0.15, -0.1) is 0 Å². The first kappa shape index (κ1) is 24.1. The normalized spacial score (nSPS) is 13.3. The molecule has 7 nitrogen and oxygen atoms in total. The van der Waals surface area contributed by atoms with E-state index in [1.165, 1.54) is 0 Å². The maximum Gasteiger partial charge on any atom is 0.323 e. The number of carbonyl (C=O) groups is 2. The molecule has 1 aliphatic rings. The van der Waals surface area contributed by atoms with Crippen molar-refractivity contribution in [2.24, 2.45) is 0 Å². The summed E-state index contributed by atoms with van der Waals surface area (Å²) in [6.07, 6.45) is 2.24. The third-order valence-electron chi connectivity index (χ3n) is 5.68. The molecule has 0 aromatic heterocycles. The van der Waals surface area contributed by atoms with Crippen molar-refractivity contribution in [1.29, 1.82) is 0 Å². The monoisotopic (exact) mass is 501 g/mol. The standard InChI is InChI=1S/C24H32BrN5O2/c1-3-29(4-2)16-13-26-23(31)19-17-18(11-12-22(19)30-14-7-8-15-30)27-24(32)28-21-10-6-5-9-20(21)25/h5-6,9-12,17H,3-4,7-8,13-16H2,1-2H3,(H,26,31)(H2,27,28,32). The topological polar surface area (TPSA) is 76.7 Å². The summed E-state index contributed by atoms with van der Waals surface area (Å²) in [5.41, 5.74) is 2.75. The Balaban J connectivity index is 1.73. The predicted molar refractivity (Wildman–Crippen MR) is 135 cm³/mol. The first-order valence-electron chi connectivity index (χ1n) is 11.2. The quantitative estimate of drug-likeness (QED) is 0.462. The smallest absolute Gasteiger partial charge is 0.323 e. The molecule has 1 aliphatic heterocycles. The molecule has 3 amide bonds. The zero-order chi connectivity index (χ0) is 22.9. The largest absolute Gasteiger partial charge is 0.371 e. The Kier molecular flexibility index (Phi) is 8.93. The number of para-hydroxylation sites is 1. The Bertz CT molecular complexity index is 926. The molecule has 1 saturated heterocycles. The summed E-state index contributed by atoms with van der Waals surface area (Å²) in [4.78, 5) is 30.1. The van der Waals surface area contributed by atoms with Crippen LogP contribution in [0.3, 0.4) is 0 Å². The fraction of sp³-hybridized carbons (Fsp3) is 0.417. The van der Waals surface area contributed by atoms with Crippen LogP contribution in [0.25, 0.3) is 0 Å². The van der Waals surface area contributed by atoms with Crippen molar-refractivity contribution in [3.8, 4) is 0 Å². The average molecular weight is 502 g/mol. The third-order valence-corrected chi connectivity index (χ3v) is 6.37. The van der Waals surface area contributed by atoms with Crippen LogP contribution >= 0.6 is 15.9 Å². The Labute approximate surface area is 198 Å². The maximum absolute atomic E-state index is 13.1. The van der Waals surface area contributed by atoms with E-state index in [2.05, 4.69) is 55.5 Å². The number of halogens is 1. The van der Waals surface area contributed by atoms with Crippen LogP contribution in [-0.2, 0) is 0 Å². The van der Waals surface area contributed by atoms with E-state index in [1.54, 1.807) is 6.07 Å². The van der Waals surface area contributed by atoms with Crippen molar-refractivity contribution in [3.05, 3.63) is 52.5 Å². The van der Waals surface area contributed by atoms with Crippen molar-refractivity contribution in [2.45, 2.75) is 26.7 Å². The highest BCUT2D eigenvalue weighted by molar-refractivity contribution is 9.10. The molecule has 3 N–H and O–H groups in total. The lowest BCUT2D eigenvalue weighted by Gasteiger charge is -2.23. The van der Waals surface area contributed by atoms with E-state index >= 15 is 0 Å². The molecule has 0 unspecified atom stereocenters. The van der Waals surface area contributed by atoms with Gasteiger partial charge in [-0.05, 0) is 72.2 Å². The van der Waals surface area contributed by atoms with Gasteiger partial charge in [-0.3, -0.25) is 4.79 Å². The number of benzene rings is 2. The van der Waals surface area contributed by atoms with Crippen molar-refractivity contribution < 1.29 is 9.59 Å². The highest BCUT2D eigenvalue weighted by Gasteiger charge is 2.20. The van der Waals surface area contributed by atoms with Crippen LogP contribution in [0.5, 0.6) is 0 Å². The van der Waals surface area contributed by atoms with Crippen LogP contribution < -0.4 is 20.9 Å². The van der Waals surface area contributed by atoms with Gasteiger partial charge in [-0.2, -0.15) is 0 Å². The van der Waals surface area contributed by atoms with Crippen LogP contribution in [0.15, 0.2) is 46.9 Å². The highest BCUT2D eigenvalue weighted by atomic mass is 79.9. The minimum absolute atomic E-state index is 0.117. The molecule has 2 aromatic carbocycles. The molecule has 8 heteroatoms. The van der Waals surface area contributed by atoms with E-state index in [9.17, 15) is 9.59 Å². The SMILES string of the molecule is CCN(CC)CCNC(=O)c1cc(NC(=O)Nc2ccccc2Br)ccc1N1CCCC1. The lowest BCUT2D eigenvalue weighted by atomic mass is 10.1. The van der Waals surface area contributed by atoms with Crippen molar-refractivity contribution in [3.63, 3.8) is 0 Å². The number of urea groups is 1. The summed E-state index contributed by atoms with van der Waals surface area (Å²) in [6, 6.07) is 12.6. The number of nitrogens with zero attached hydrogens (tertiary/aromatic N) is 2. The molecule has 0 saturated carbocycles. The highest BCUT2D eigenvalue weighted by Crippen LogP contribution is 2.28. The molecule has 32 heavy (non-hydrogen) atoms. The van der Waals surface area contributed by atoms with Gasteiger partial charge in [0, 0.05) is 42.0 Å². The van der Waals surface area contributed by atoms with Gasteiger partial charge in [-0.1, -0.05) is 26.0 Å². The second kappa shape index (κ2) is 11.9. The zero-order valence-electron chi connectivity index (χ0n) is 18.8. The Morgan fingerprint density at radius 3 is 2.44 bits per heavy atom. The number of anilines is 3. The van der Waals surface area contributed by atoms with Crippen LogP contribution in [-0.4, -0.2) is 56.1 Å². The third kappa shape index (κ3) is 6.46. The molecule has 172 valence electrons. The van der Waals surface area contributed by atoms with Crippen molar-refractivity contribution in [1.82, 2.24) is 10.2 Å². The minimum atomic E-state index is -0.362. The number of rotatable bonds is 9. The van der Waals surface area contributed by atoms with E-state index in [0.717, 1.165) is 55.7 Å². The number of nitrogens with one attached hydrogen (secondary N) is 3. The van der Waals surface area contributed by atoms with Crippen molar-refractivity contribution >= 4 is 44.9 Å². The Morgan fingerprint density at radius 1 is 1.03 bits per heavy atom. The lowest BCUT2D eigenvalue weighted by molar-refractivity contribution is 0.0949. The minimum Gasteiger partial charge on any atom is -0.371 e. The van der Waals surface area contributed by atoms with E-state index in [1.807, 2.05) is 36.4 Å². The molecule has 2 aromatic rings. The number of hydrogen-bond acceptors (Lipinski definition) is 4. The summed E-state index contributed by atoms with van der Waals surface area (Å²) in [7, 11) is 0. The first-order chi connectivity index (χ1) is 15.5. The molecule has 3 rings (SSSR count). The summed E-state index contributed by atoms with van der Waals surface area (Å²) in [6.45, 7) is 9.42. The fourth-order valence-electron chi connectivity index (χ4n) is 3.84. The van der Waals surface area contributed by atoms with E-state index in [4.69, 9.17) is 0 Å². The van der Waals surface area contributed by atoms with Gasteiger partial charge in [0.2, 0.25) is 0 Å². The van der Waals surface area contributed by atoms with Gasteiger partial charge in [-0.25, -0.2) is 4.79 Å². The second-order valence-corrected chi connectivity index (χ2v) is 8.62. The second-order valence-electron chi connectivity index (χ2n) is 7.77. The van der Waals surface area contributed by atoms with E-state index in [-0.39, 0.29) is 11.9 Å². The molecule has 0 atom stereocenters. The van der Waals surface area contributed by atoms with Crippen LogP contribution in [0.2, 0.25) is 0 Å². The molecular weight excluding hydrogens is 470 g/mol. The number of likely N-dealkylation sites (N-methyl/N-ethyl adjacent to an activating group) is 1. The van der Waals surface area contributed by atoms with Crippen LogP contribution in [0.4, 0.5) is 21.9 Å². The number of amides is 3. The van der Waals surface area contributed by atoms with Gasteiger partial charge in [0.1, 0.15) is 0 Å². The molecular formula is C24H32BrN5O2. The summed E-state index contributed by atoms with van der Waals surface area (Å²) in [5, 5.41) is 8.72. The fourth-order valence-corrected chi connectivity index (χ4v) is 4.22. The summed E-state index contributed by atoms with van der Waals surface area (Å²) < 4.78 is 0.799. The Morgan fingerprint density at radius 2 is 1.75 bits per heavy atom. The van der Waals surface area contributed by atoms with Gasteiger partial charge >= 0.3 is 6.03 Å². The molecule has 1 heterocycles. The van der Waals surface area contributed by atoms with Gasteiger partial charge in [0.15, 0.2) is 0 Å². The Hall–Kier alpha value is -2.58. The lowest BCUT2D eigenvalue weighted by Crippen LogP contribution is -2.35. The molecule has 0 radical (unpaired) electrons. The summed E-state index contributed by atoms with van der Waals surface area (Å²) in [5.74, 6) is -0.117. The van der Waals surface area contributed by atoms with Crippen LogP contribution in [0, 0.1) is 0 Å². The first-order valence-corrected chi connectivity index (χ1v) is 12.0. The molecule has 0 bridgehead atoms. The average Bonchev–Trinajstić information content (AvgIpc) is 3.33. The molecule has 0 aliphatic carbocycles. The number of carbonyl (C=O) groups excluding carboxylic acids is 2. The predicted octanol–water partition coefficient (Wildman–Crippen LogP) is 4.76. The number of hydrogen-bond donors (Lipinski definition) is 3. The van der Waals surface area contributed by atoms with Gasteiger partial charge < -0.3 is 25.8 Å². The van der Waals surface area contributed by atoms with Gasteiger partial charge in [0.25, 0.3) is 5.91 Å². The zero-order valence-corrected chi connectivity index (χ0v) is 20.4. The molecule has 1 fully saturated rings. The van der Waals surface area contributed by atoms with E-state index in [0.29, 0.717) is 23.5 Å². The van der Waals surface area contributed by atoms with Crippen LogP contribution in [0.1, 0.15) is 37.0 Å². The summed E-state index contributed by atoms with van der Waals surface area (Å²) >= 11 is 3.43.